The molecule has 0 unspecified atom stereocenters. The molecule has 168 valence electrons. The van der Waals surface area contributed by atoms with Crippen molar-refractivity contribution in [2.75, 3.05) is 6.54 Å². The monoisotopic (exact) mass is 449 g/mol. The van der Waals surface area contributed by atoms with Gasteiger partial charge in [0.25, 0.3) is 5.91 Å². The van der Waals surface area contributed by atoms with Crippen molar-refractivity contribution in [3.63, 3.8) is 0 Å². The van der Waals surface area contributed by atoms with Crippen molar-refractivity contribution in [2.45, 2.75) is 70.0 Å². The minimum absolute atomic E-state index is 0.0137. The Morgan fingerprint density at radius 3 is 2.72 bits per heavy atom. The minimum Gasteiger partial charge on any atom is -0.351 e. The number of aromatic nitrogens is 1. The largest absolute Gasteiger partial charge is 0.351 e. The van der Waals surface area contributed by atoms with E-state index in [4.69, 9.17) is 0 Å². The molecule has 1 atom stereocenters. The maximum absolute atomic E-state index is 13.7. The number of hydrogen-bond acceptors (Lipinski definition) is 3. The van der Waals surface area contributed by atoms with E-state index in [1.54, 1.807) is 11.3 Å². The van der Waals surface area contributed by atoms with Crippen molar-refractivity contribution in [3.05, 3.63) is 59.1 Å². The molecule has 1 aliphatic heterocycles. The Hall–Kier alpha value is -2.60. The van der Waals surface area contributed by atoms with E-state index >= 15 is 0 Å². The van der Waals surface area contributed by atoms with Crippen LogP contribution in [0, 0.1) is 0 Å². The van der Waals surface area contributed by atoms with Crippen molar-refractivity contribution in [1.82, 2.24) is 14.8 Å². The fourth-order valence-corrected chi connectivity index (χ4v) is 6.12. The van der Waals surface area contributed by atoms with Gasteiger partial charge in [-0.25, -0.2) is 0 Å². The average Bonchev–Trinajstić information content (AvgIpc) is 3.40. The third-order valence-electron chi connectivity index (χ3n) is 7.17. The van der Waals surface area contributed by atoms with Gasteiger partial charge in [0.15, 0.2) is 0 Å². The summed E-state index contributed by atoms with van der Waals surface area (Å²) in [7, 11) is 0. The van der Waals surface area contributed by atoms with Gasteiger partial charge in [-0.3, -0.25) is 9.59 Å². The lowest BCUT2D eigenvalue weighted by molar-refractivity contribution is -0.133. The van der Waals surface area contributed by atoms with Gasteiger partial charge < -0.3 is 14.8 Å². The molecule has 32 heavy (non-hydrogen) atoms. The van der Waals surface area contributed by atoms with Crippen molar-refractivity contribution in [3.8, 4) is 0 Å². The van der Waals surface area contributed by atoms with Crippen LogP contribution in [0.25, 0.3) is 10.2 Å². The Labute approximate surface area is 193 Å². The van der Waals surface area contributed by atoms with Crippen LogP contribution in [-0.2, 0) is 17.8 Å². The van der Waals surface area contributed by atoms with Gasteiger partial charge in [-0.2, -0.15) is 0 Å². The molecule has 0 saturated heterocycles. The molecule has 0 radical (unpaired) electrons. The number of benzene rings is 1. The second-order valence-corrected chi connectivity index (χ2v) is 10.4. The number of carbonyl (C=O) groups excluding carboxylic acids is 2. The molecule has 1 aromatic carbocycles. The number of thiophene rings is 1. The SMILES string of the molecule is C[C@]1(C(=O)NC2CCCCC2)Cn2c(cc3sccc32)C(=O)N1CCCc1ccccc1. The highest BCUT2D eigenvalue weighted by atomic mass is 32.1. The highest BCUT2D eigenvalue weighted by Crippen LogP contribution is 2.35. The normalized spacial score (nSPS) is 21.7. The topological polar surface area (TPSA) is 54.3 Å². The summed E-state index contributed by atoms with van der Waals surface area (Å²) < 4.78 is 3.16. The molecule has 1 N–H and O–H groups in total. The number of rotatable bonds is 6. The van der Waals surface area contributed by atoms with Crippen molar-refractivity contribution in [2.24, 2.45) is 0 Å². The Bertz CT molecular complexity index is 1110. The van der Waals surface area contributed by atoms with E-state index in [9.17, 15) is 9.59 Å². The molecule has 2 amide bonds. The van der Waals surface area contributed by atoms with Crippen LogP contribution in [0.1, 0.15) is 61.5 Å². The van der Waals surface area contributed by atoms with E-state index in [1.807, 2.05) is 41.5 Å². The Morgan fingerprint density at radius 1 is 1.16 bits per heavy atom. The maximum atomic E-state index is 13.7. The lowest BCUT2D eigenvalue weighted by Gasteiger charge is -2.45. The number of nitrogens with one attached hydrogen (secondary N) is 1. The van der Waals surface area contributed by atoms with E-state index in [2.05, 4.69) is 28.1 Å². The van der Waals surface area contributed by atoms with Crippen molar-refractivity contribution < 1.29 is 9.59 Å². The summed E-state index contributed by atoms with van der Waals surface area (Å²) in [6.45, 7) is 3.02. The summed E-state index contributed by atoms with van der Waals surface area (Å²) >= 11 is 1.64. The maximum Gasteiger partial charge on any atom is 0.271 e. The fourth-order valence-electron chi connectivity index (χ4n) is 5.30. The van der Waals surface area contributed by atoms with Crippen molar-refractivity contribution in [1.29, 1.82) is 0 Å². The minimum atomic E-state index is -0.897. The van der Waals surface area contributed by atoms with Crippen LogP contribution >= 0.6 is 11.3 Å². The lowest BCUT2D eigenvalue weighted by atomic mass is 9.91. The standard InChI is InChI=1S/C26H31N3O2S/c1-26(25(31)27-20-12-6-3-7-13-20)18-28-21-14-16-32-23(21)17-22(28)24(30)29(26)15-8-11-19-9-4-2-5-10-19/h2,4-5,9-10,14,16-17,20H,3,6-8,11-13,15,18H2,1H3,(H,27,31)/t26-/m1/s1. The summed E-state index contributed by atoms with van der Waals surface area (Å²) in [5, 5.41) is 5.36. The number of fused-ring (bicyclic) bond motifs is 3. The van der Waals surface area contributed by atoms with Gasteiger partial charge in [0.1, 0.15) is 11.2 Å². The second-order valence-electron chi connectivity index (χ2n) is 9.41. The second kappa shape index (κ2) is 8.74. The molecule has 1 saturated carbocycles. The molecule has 2 aliphatic rings. The molecule has 6 heteroatoms. The summed E-state index contributed by atoms with van der Waals surface area (Å²) in [4.78, 5) is 29.2. The third kappa shape index (κ3) is 3.85. The van der Waals surface area contributed by atoms with E-state index in [-0.39, 0.29) is 17.9 Å². The molecular formula is C26H31N3O2S. The molecule has 1 fully saturated rings. The van der Waals surface area contributed by atoms with E-state index in [1.165, 1.54) is 24.8 Å². The molecule has 5 nitrogen and oxygen atoms in total. The fraction of sp³-hybridized carbons (Fsp3) is 0.462. The molecule has 1 aliphatic carbocycles. The zero-order chi connectivity index (χ0) is 22.1. The van der Waals surface area contributed by atoms with Crippen LogP contribution in [-0.4, -0.2) is 39.4 Å². The van der Waals surface area contributed by atoms with Crippen molar-refractivity contribution >= 4 is 33.4 Å². The first kappa shape index (κ1) is 21.3. The van der Waals surface area contributed by atoms with E-state index in [0.717, 1.165) is 35.9 Å². The van der Waals surface area contributed by atoms with E-state index in [0.29, 0.717) is 18.8 Å². The van der Waals surface area contributed by atoms with Crippen LogP contribution in [0.15, 0.2) is 47.8 Å². The van der Waals surface area contributed by atoms with E-state index < -0.39 is 5.54 Å². The quantitative estimate of drug-likeness (QED) is 0.576. The highest BCUT2D eigenvalue weighted by Gasteiger charge is 2.47. The predicted molar refractivity (Wildman–Crippen MR) is 129 cm³/mol. The summed E-state index contributed by atoms with van der Waals surface area (Å²) in [5.41, 5.74) is 2.12. The van der Waals surface area contributed by atoms with Gasteiger partial charge >= 0.3 is 0 Å². The van der Waals surface area contributed by atoms with Gasteiger partial charge in [0, 0.05) is 12.6 Å². The zero-order valence-corrected chi connectivity index (χ0v) is 19.5. The Kier molecular flexibility index (Phi) is 5.80. The molecule has 5 rings (SSSR count). The molecule has 0 spiro atoms. The predicted octanol–water partition coefficient (Wildman–Crippen LogP) is 5.00. The highest BCUT2D eigenvalue weighted by molar-refractivity contribution is 7.17. The summed E-state index contributed by atoms with van der Waals surface area (Å²) in [6, 6.07) is 14.6. The average molecular weight is 450 g/mol. The molecule has 3 heterocycles. The molecule has 0 bridgehead atoms. The first-order valence-electron chi connectivity index (χ1n) is 11.8. The van der Waals surface area contributed by atoms with Gasteiger partial charge in [0.2, 0.25) is 5.91 Å². The van der Waals surface area contributed by atoms with Crippen LogP contribution in [0.3, 0.4) is 0 Å². The summed E-state index contributed by atoms with van der Waals surface area (Å²) in [5.74, 6) is -0.0470. The van der Waals surface area contributed by atoms with Gasteiger partial charge in [-0.05, 0) is 55.7 Å². The number of aryl methyl sites for hydroxylation is 1. The van der Waals surface area contributed by atoms with Gasteiger partial charge in [0.05, 0.1) is 16.8 Å². The van der Waals surface area contributed by atoms with Crippen LogP contribution in [0.2, 0.25) is 0 Å². The van der Waals surface area contributed by atoms with Gasteiger partial charge in [-0.15, -0.1) is 11.3 Å². The summed E-state index contributed by atoms with van der Waals surface area (Å²) in [6.07, 6.45) is 7.37. The Morgan fingerprint density at radius 2 is 1.94 bits per heavy atom. The smallest absolute Gasteiger partial charge is 0.271 e. The Balaban J connectivity index is 1.42. The number of nitrogens with zero attached hydrogens (tertiary/aromatic N) is 2. The third-order valence-corrected chi connectivity index (χ3v) is 8.02. The molecule has 2 aromatic heterocycles. The van der Waals surface area contributed by atoms with Crippen LogP contribution in [0.4, 0.5) is 0 Å². The first-order chi connectivity index (χ1) is 15.6. The number of amides is 2. The molecular weight excluding hydrogens is 418 g/mol. The molecule has 3 aromatic rings. The lowest BCUT2D eigenvalue weighted by Crippen LogP contribution is -2.65. The first-order valence-corrected chi connectivity index (χ1v) is 12.7. The van der Waals surface area contributed by atoms with Gasteiger partial charge in [-0.1, -0.05) is 49.6 Å². The zero-order valence-electron chi connectivity index (χ0n) is 18.7. The van der Waals surface area contributed by atoms with Crippen LogP contribution < -0.4 is 5.32 Å². The number of hydrogen-bond donors (Lipinski definition) is 1. The van der Waals surface area contributed by atoms with Crippen LogP contribution in [0.5, 0.6) is 0 Å². The number of carbonyl (C=O) groups is 2.